The van der Waals surface area contributed by atoms with Gasteiger partial charge >= 0.3 is 5.97 Å². The summed E-state index contributed by atoms with van der Waals surface area (Å²) in [6.45, 7) is 3.39. The predicted octanol–water partition coefficient (Wildman–Crippen LogP) is -0.273. The minimum Gasteiger partial charge on any atom is -0.454 e. The average Bonchev–Trinajstić information content (AvgIpc) is 3.16. The summed E-state index contributed by atoms with van der Waals surface area (Å²) in [7, 11) is 0. The van der Waals surface area contributed by atoms with E-state index in [4.69, 9.17) is 4.74 Å². The molecule has 1 fully saturated rings. The van der Waals surface area contributed by atoms with E-state index in [0.717, 1.165) is 12.1 Å². The Morgan fingerprint density at radius 1 is 1.13 bits per heavy atom. The molecule has 0 saturated carbocycles. The highest BCUT2D eigenvalue weighted by molar-refractivity contribution is 5.98. The Morgan fingerprint density at radius 2 is 1.83 bits per heavy atom. The van der Waals surface area contributed by atoms with Crippen molar-refractivity contribution in [2.24, 2.45) is 0 Å². The number of carbonyl (C=O) groups excluding carboxylic acids is 5. The first-order valence-corrected chi connectivity index (χ1v) is 9.73. The topological polar surface area (TPSA) is 134 Å². The van der Waals surface area contributed by atoms with E-state index in [1.165, 1.54) is 6.92 Å². The Hall–Kier alpha value is -3.43. The summed E-state index contributed by atoms with van der Waals surface area (Å²) in [5, 5.41) is 7.36. The maximum atomic E-state index is 12.1. The molecule has 162 valence electrons. The molecular weight excluding hydrogens is 392 g/mol. The molecule has 1 aliphatic rings. The standard InChI is InChI=1S/C20H26N4O6/c1-3-21-19(28)13(2)23-16(25)12-30-18(27)11-22-20(29)14-6-8-15(9-7-14)24-10-4-5-17(24)26/h6-9,13H,3-5,10-12H2,1-2H3,(H,21,28)(H,22,29)(H,23,25)/t13-/m1/s1. The number of benzene rings is 1. The van der Waals surface area contributed by atoms with Crippen molar-refractivity contribution in [3.05, 3.63) is 29.8 Å². The first-order valence-electron chi connectivity index (χ1n) is 9.73. The molecule has 1 saturated heterocycles. The molecule has 1 aromatic carbocycles. The van der Waals surface area contributed by atoms with Crippen molar-refractivity contribution in [2.45, 2.75) is 32.7 Å². The van der Waals surface area contributed by atoms with E-state index in [2.05, 4.69) is 16.0 Å². The highest BCUT2D eigenvalue weighted by Gasteiger charge is 2.22. The van der Waals surface area contributed by atoms with Crippen LogP contribution < -0.4 is 20.9 Å². The SMILES string of the molecule is CCNC(=O)[C@@H](C)NC(=O)COC(=O)CNC(=O)c1ccc(N2CCCC2=O)cc1. The van der Waals surface area contributed by atoms with Gasteiger partial charge in [-0.3, -0.25) is 24.0 Å². The van der Waals surface area contributed by atoms with E-state index < -0.39 is 37.0 Å². The van der Waals surface area contributed by atoms with Gasteiger partial charge in [0.15, 0.2) is 6.61 Å². The summed E-state index contributed by atoms with van der Waals surface area (Å²) >= 11 is 0. The number of nitrogens with zero attached hydrogens (tertiary/aromatic N) is 1. The highest BCUT2D eigenvalue weighted by Crippen LogP contribution is 2.21. The minimum atomic E-state index is -0.788. The van der Waals surface area contributed by atoms with Crippen LogP contribution in [0.25, 0.3) is 0 Å². The van der Waals surface area contributed by atoms with Gasteiger partial charge in [-0.05, 0) is 44.5 Å². The zero-order valence-electron chi connectivity index (χ0n) is 17.0. The van der Waals surface area contributed by atoms with Crippen molar-refractivity contribution in [3.63, 3.8) is 0 Å². The molecule has 0 bridgehead atoms. The molecule has 0 aromatic heterocycles. The molecule has 0 spiro atoms. The monoisotopic (exact) mass is 418 g/mol. The van der Waals surface area contributed by atoms with Gasteiger partial charge in [0.05, 0.1) is 0 Å². The quantitative estimate of drug-likeness (QED) is 0.473. The molecule has 1 aromatic rings. The van der Waals surface area contributed by atoms with E-state index in [1.54, 1.807) is 36.1 Å². The second kappa shape index (κ2) is 10.9. The van der Waals surface area contributed by atoms with Crippen molar-refractivity contribution in [2.75, 3.05) is 31.1 Å². The van der Waals surface area contributed by atoms with E-state index in [-0.39, 0.29) is 11.8 Å². The fourth-order valence-electron chi connectivity index (χ4n) is 2.84. The van der Waals surface area contributed by atoms with Gasteiger partial charge in [-0.2, -0.15) is 0 Å². The first kappa shape index (κ1) is 22.9. The van der Waals surface area contributed by atoms with Gasteiger partial charge in [0.2, 0.25) is 11.8 Å². The van der Waals surface area contributed by atoms with Crippen molar-refractivity contribution in [3.8, 4) is 0 Å². The second-order valence-corrected chi connectivity index (χ2v) is 6.72. The van der Waals surface area contributed by atoms with Gasteiger partial charge in [0.1, 0.15) is 12.6 Å². The Kier molecular flexibility index (Phi) is 8.33. The second-order valence-electron chi connectivity index (χ2n) is 6.72. The lowest BCUT2D eigenvalue weighted by Gasteiger charge is -2.15. The van der Waals surface area contributed by atoms with E-state index in [1.807, 2.05) is 0 Å². The Bertz CT molecular complexity index is 808. The number of likely N-dealkylation sites (N-methyl/N-ethyl adjacent to an activating group) is 1. The molecule has 0 unspecified atom stereocenters. The third kappa shape index (κ3) is 6.57. The van der Waals surface area contributed by atoms with Gasteiger partial charge < -0.3 is 25.6 Å². The molecule has 2 rings (SSSR count). The zero-order chi connectivity index (χ0) is 22.1. The minimum absolute atomic E-state index is 0.0550. The van der Waals surface area contributed by atoms with E-state index in [9.17, 15) is 24.0 Å². The summed E-state index contributed by atoms with van der Waals surface area (Å²) in [6.07, 6.45) is 1.33. The summed E-state index contributed by atoms with van der Waals surface area (Å²) < 4.78 is 4.79. The van der Waals surface area contributed by atoms with Crippen LogP contribution in [0.15, 0.2) is 24.3 Å². The van der Waals surface area contributed by atoms with Gasteiger partial charge in [-0.1, -0.05) is 0 Å². The Morgan fingerprint density at radius 3 is 2.43 bits per heavy atom. The lowest BCUT2D eigenvalue weighted by Crippen LogP contribution is -2.46. The van der Waals surface area contributed by atoms with Crippen LogP contribution in [0.3, 0.4) is 0 Å². The molecule has 30 heavy (non-hydrogen) atoms. The van der Waals surface area contributed by atoms with Crippen molar-refractivity contribution >= 4 is 35.3 Å². The third-order valence-corrected chi connectivity index (χ3v) is 4.39. The maximum Gasteiger partial charge on any atom is 0.325 e. The number of anilines is 1. The summed E-state index contributed by atoms with van der Waals surface area (Å²) in [5.74, 6) is -2.19. The average molecular weight is 418 g/mol. The van der Waals surface area contributed by atoms with Crippen molar-refractivity contribution < 1.29 is 28.7 Å². The highest BCUT2D eigenvalue weighted by atomic mass is 16.5. The van der Waals surface area contributed by atoms with Crippen LogP contribution in [0.5, 0.6) is 0 Å². The maximum absolute atomic E-state index is 12.1. The van der Waals surface area contributed by atoms with Gasteiger partial charge in [-0.15, -0.1) is 0 Å². The predicted molar refractivity (Wildman–Crippen MR) is 108 cm³/mol. The molecular formula is C20H26N4O6. The third-order valence-electron chi connectivity index (χ3n) is 4.39. The largest absolute Gasteiger partial charge is 0.454 e. The fraction of sp³-hybridized carbons (Fsp3) is 0.450. The lowest BCUT2D eigenvalue weighted by atomic mass is 10.2. The van der Waals surface area contributed by atoms with Crippen LogP contribution >= 0.6 is 0 Å². The molecule has 1 atom stereocenters. The first-order chi connectivity index (χ1) is 14.3. The van der Waals surface area contributed by atoms with Gasteiger partial charge in [-0.25, -0.2) is 0 Å². The number of nitrogens with one attached hydrogen (secondary N) is 3. The Labute approximate surface area is 174 Å². The molecule has 1 aliphatic heterocycles. The van der Waals surface area contributed by atoms with Crippen LogP contribution in [-0.2, 0) is 23.9 Å². The summed E-state index contributed by atoms with van der Waals surface area (Å²) in [6, 6.07) is 5.73. The molecule has 10 heteroatoms. The van der Waals surface area contributed by atoms with Crippen molar-refractivity contribution in [1.82, 2.24) is 16.0 Å². The number of hydrogen-bond donors (Lipinski definition) is 3. The molecule has 10 nitrogen and oxygen atoms in total. The zero-order valence-corrected chi connectivity index (χ0v) is 17.0. The van der Waals surface area contributed by atoms with Gasteiger partial charge in [0, 0.05) is 30.8 Å². The molecule has 0 aliphatic carbocycles. The summed E-state index contributed by atoms with van der Waals surface area (Å²) in [4.78, 5) is 60.5. The fourth-order valence-corrected chi connectivity index (χ4v) is 2.84. The normalized spacial score (nSPS) is 14.1. The van der Waals surface area contributed by atoms with Crippen LogP contribution in [0.4, 0.5) is 5.69 Å². The smallest absolute Gasteiger partial charge is 0.325 e. The molecule has 4 amide bonds. The number of esters is 1. The molecule has 3 N–H and O–H groups in total. The van der Waals surface area contributed by atoms with E-state index in [0.29, 0.717) is 25.1 Å². The number of carbonyl (C=O) groups is 5. The van der Waals surface area contributed by atoms with Gasteiger partial charge in [0.25, 0.3) is 11.8 Å². The number of amides is 4. The van der Waals surface area contributed by atoms with Crippen LogP contribution in [0.1, 0.15) is 37.0 Å². The lowest BCUT2D eigenvalue weighted by molar-refractivity contribution is -0.147. The molecule has 1 heterocycles. The number of ether oxygens (including phenoxy) is 1. The number of hydrogen-bond acceptors (Lipinski definition) is 6. The Balaban J connectivity index is 1.72. The van der Waals surface area contributed by atoms with Crippen LogP contribution in [0, 0.1) is 0 Å². The summed E-state index contributed by atoms with van der Waals surface area (Å²) in [5.41, 5.74) is 1.05. The van der Waals surface area contributed by atoms with Crippen LogP contribution in [-0.4, -0.2) is 61.9 Å². The number of rotatable bonds is 9. The molecule has 0 radical (unpaired) electrons. The van der Waals surface area contributed by atoms with Crippen molar-refractivity contribution in [1.29, 1.82) is 0 Å². The van der Waals surface area contributed by atoms with E-state index >= 15 is 0 Å². The van der Waals surface area contributed by atoms with Crippen LogP contribution in [0.2, 0.25) is 0 Å².